The topological polar surface area (TPSA) is 57.0 Å². The molecular formula is C9H13N3O2. The molecule has 0 radical (unpaired) electrons. The maximum atomic E-state index is 11.0. The SMILES string of the molecule is C=CCCCn1cnc(C(=O)OC)n1. The van der Waals surface area contributed by atoms with Crippen molar-refractivity contribution in [1.82, 2.24) is 14.8 Å². The summed E-state index contributed by atoms with van der Waals surface area (Å²) in [5.41, 5.74) is 0. The van der Waals surface area contributed by atoms with E-state index in [2.05, 4.69) is 21.4 Å². The van der Waals surface area contributed by atoms with Gasteiger partial charge in [-0.15, -0.1) is 11.7 Å². The highest BCUT2D eigenvalue weighted by Crippen LogP contribution is 1.96. The van der Waals surface area contributed by atoms with Crippen molar-refractivity contribution >= 4 is 5.97 Å². The third-order valence-corrected chi connectivity index (χ3v) is 1.70. The molecule has 0 spiro atoms. The Kier molecular flexibility index (Phi) is 3.84. The van der Waals surface area contributed by atoms with Crippen LogP contribution in [0, 0.1) is 0 Å². The number of carbonyl (C=O) groups excluding carboxylic acids is 1. The molecule has 1 aromatic heterocycles. The number of nitrogens with zero attached hydrogens (tertiary/aromatic N) is 3. The zero-order valence-corrected chi connectivity index (χ0v) is 8.14. The molecule has 0 aliphatic carbocycles. The van der Waals surface area contributed by atoms with Crippen LogP contribution in [0.5, 0.6) is 0 Å². The minimum Gasteiger partial charge on any atom is -0.463 e. The lowest BCUT2D eigenvalue weighted by Gasteiger charge is -1.96. The van der Waals surface area contributed by atoms with Gasteiger partial charge in [-0.05, 0) is 12.8 Å². The first-order chi connectivity index (χ1) is 6.77. The predicted octanol–water partition coefficient (Wildman–Crippen LogP) is 1.03. The maximum absolute atomic E-state index is 11.0. The first kappa shape index (κ1) is 10.4. The van der Waals surface area contributed by atoms with E-state index in [1.165, 1.54) is 13.4 Å². The third kappa shape index (κ3) is 2.69. The molecule has 76 valence electrons. The fourth-order valence-corrected chi connectivity index (χ4v) is 0.985. The van der Waals surface area contributed by atoms with Gasteiger partial charge in [0, 0.05) is 6.54 Å². The summed E-state index contributed by atoms with van der Waals surface area (Å²) in [6.45, 7) is 4.35. The first-order valence-electron chi connectivity index (χ1n) is 4.36. The van der Waals surface area contributed by atoms with E-state index in [-0.39, 0.29) is 5.82 Å². The van der Waals surface area contributed by atoms with Gasteiger partial charge in [-0.3, -0.25) is 4.68 Å². The molecule has 1 aromatic rings. The summed E-state index contributed by atoms with van der Waals surface area (Å²) in [5, 5.41) is 3.95. The van der Waals surface area contributed by atoms with Crippen LogP contribution in [0.2, 0.25) is 0 Å². The first-order valence-corrected chi connectivity index (χ1v) is 4.36. The van der Waals surface area contributed by atoms with Crippen LogP contribution in [0.25, 0.3) is 0 Å². The summed E-state index contributed by atoms with van der Waals surface area (Å²) in [4.78, 5) is 14.8. The molecule has 14 heavy (non-hydrogen) atoms. The molecule has 0 aromatic carbocycles. The van der Waals surface area contributed by atoms with Gasteiger partial charge in [0.2, 0.25) is 0 Å². The zero-order chi connectivity index (χ0) is 10.4. The third-order valence-electron chi connectivity index (χ3n) is 1.70. The van der Waals surface area contributed by atoms with Gasteiger partial charge in [-0.25, -0.2) is 9.78 Å². The molecule has 0 aliphatic rings. The number of carbonyl (C=O) groups is 1. The highest BCUT2D eigenvalue weighted by atomic mass is 16.5. The Morgan fingerprint density at radius 1 is 1.79 bits per heavy atom. The molecule has 1 rings (SSSR count). The fraction of sp³-hybridized carbons (Fsp3) is 0.444. The molecule has 5 heteroatoms. The molecule has 0 atom stereocenters. The number of ether oxygens (including phenoxy) is 1. The van der Waals surface area contributed by atoms with Gasteiger partial charge in [0.1, 0.15) is 6.33 Å². The maximum Gasteiger partial charge on any atom is 0.377 e. The largest absolute Gasteiger partial charge is 0.463 e. The van der Waals surface area contributed by atoms with Crippen LogP contribution < -0.4 is 0 Å². The van der Waals surface area contributed by atoms with Crippen molar-refractivity contribution in [3.8, 4) is 0 Å². The fourth-order valence-electron chi connectivity index (χ4n) is 0.985. The van der Waals surface area contributed by atoms with Crippen molar-refractivity contribution in [1.29, 1.82) is 0 Å². The Hall–Kier alpha value is -1.65. The van der Waals surface area contributed by atoms with Crippen molar-refractivity contribution in [2.24, 2.45) is 0 Å². The van der Waals surface area contributed by atoms with Crippen LogP contribution in [-0.4, -0.2) is 27.8 Å². The normalized spacial score (nSPS) is 9.79. The number of hydrogen-bond donors (Lipinski definition) is 0. The van der Waals surface area contributed by atoms with E-state index in [1.807, 2.05) is 6.08 Å². The molecule has 0 fully saturated rings. The van der Waals surface area contributed by atoms with Crippen LogP contribution in [0.4, 0.5) is 0 Å². The second-order valence-corrected chi connectivity index (χ2v) is 2.75. The number of allylic oxidation sites excluding steroid dienone is 1. The van der Waals surface area contributed by atoms with Gasteiger partial charge < -0.3 is 4.74 Å². The summed E-state index contributed by atoms with van der Waals surface area (Å²) in [7, 11) is 1.31. The molecule has 0 amide bonds. The quantitative estimate of drug-likeness (QED) is 0.400. The van der Waals surface area contributed by atoms with Gasteiger partial charge in [0.05, 0.1) is 7.11 Å². The summed E-state index contributed by atoms with van der Waals surface area (Å²) in [6.07, 6.45) is 5.23. The number of esters is 1. The second kappa shape index (κ2) is 5.16. The van der Waals surface area contributed by atoms with Gasteiger partial charge >= 0.3 is 5.97 Å². The molecule has 0 bridgehead atoms. The van der Waals surface area contributed by atoms with Crippen LogP contribution in [0.1, 0.15) is 23.5 Å². The molecule has 0 saturated carbocycles. The Labute approximate surface area is 82.4 Å². The van der Waals surface area contributed by atoms with Crippen LogP contribution >= 0.6 is 0 Å². The highest BCUT2D eigenvalue weighted by Gasteiger charge is 2.10. The van der Waals surface area contributed by atoms with Gasteiger partial charge in [-0.1, -0.05) is 6.08 Å². The molecular weight excluding hydrogens is 182 g/mol. The van der Waals surface area contributed by atoms with E-state index in [0.29, 0.717) is 0 Å². The number of hydrogen-bond acceptors (Lipinski definition) is 4. The average Bonchev–Trinajstić information content (AvgIpc) is 2.66. The second-order valence-electron chi connectivity index (χ2n) is 2.75. The van der Waals surface area contributed by atoms with Crippen LogP contribution in [0.3, 0.4) is 0 Å². The lowest BCUT2D eigenvalue weighted by atomic mass is 10.3. The molecule has 5 nitrogen and oxygen atoms in total. The highest BCUT2D eigenvalue weighted by molar-refractivity contribution is 5.84. The lowest BCUT2D eigenvalue weighted by Crippen LogP contribution is -2.06. The van der Waals surface area contributed by atoms with Crippen molar-refractivity contribution in [3.05, 3.63) is 24.8 Å². The summed E-state index contributed by atoms with van der Waals surface area (Å²) < 4.78 is 6.10. The Balaban J connectivity index is 2.50. The smallest absolute Gasteiger partial charge is 0.377 e. The van der Waals surface area contributed by atoms with E-state index >= 15 is 0 Å². The molecule has 0 N–H and O–H groups in total. The van der Waals surface area contributed by atoms with Crippen molar-refractivity contribution < 1.29 is 9.53 Å². The zero-order valence-electron chi connectivity index (χ0n) is 8.14. The van der Waals surface area contributed by atoms with Gasteiger partial charge in [0.25, 0.3) is 5.82 Å². The summed E-state index contributed by atoms with van der Waals surface area (Å²) in [6, 6.07) is 0. The molecule has 0 saturated heterocycles. The minimum atomic E-state index is -0.507. The Bertz CT molecular complexity index is 320. The number of rotatable bonds is 5. The van der Waals surface area contributed by atoms with Crippen LogP contribution in [0.15, 0.2) is 19.0 Å². The van der Waals surface area contributed by atoms with E-state index in [1.54, 1.807) is 4.68 Å². The molecule has 1 heterocycles. The standard InChI is InChI=1S/C9H13N3O2/c1-3-4-5-6-12-7-10-8(11-12)9(13)14-2/h3,7H,1,4-6H2,2H3. The molecule has 0 unspecified atom stereocenters. The van der Waals surface area contributed by atoms with E-state index in [9.17, 15) is 4.79 Å². The summed E-state index contributed by atoms with van der Waals surface area (Å²) in [5.74, 6) is -0.404. The van der Waals surface area contributed by atoms with Crippen molar-refractivity contribution in [2.75, 3.05) is 7.11 Å². The number of aromatic nitrogens is 3. The van der Waals surface area contributed by atoms with E-state index in [0.717, 1.165) is 19.4 Å². The van der Waals surface area contributed by atoms with E-state index in [4.69, 9.17) is 0 Å². The van der Waals surface area contributed by atoms with Gasteiger partial charge in [0.15, 0.2) is 0 Å². The Morgan fingerprint density at radius 3 is 3.21 bits per heavy atom. The van der Waals surface area contributed by atoms with E-state index < -0.39 is 5.97 Å². The van der Waals surface area contributed by atoms with Crippen molar-refractivity contribution in [3.63, 3.8) is 0 Å². The average molecular weight is 195 g/mol. The molecule has 0 aliphatic heterocycles. The van der Waals surface area contributed by atoms with Crippen molar-refractivity contribution in [2.45, 2.75) is 19.4 Å². The predicted molar refractivity (Wildman–Crippen MR) is 50.8 cm³/mol. The number of unbranched alkanes of at least 4 members (excludes halogenated alkanes) is 1. The van der Waals surface area contributed by atoms with Crippen LogP contribution in [-0.2, 0) is 11.3 Å². The Morgan fingerprint density at radius 2 is 2.57 bits per heavy atom. The number of aryl methyl sites for hydroxylation is 1. The minimum absolute atomic E-state index is 0.103. The number of methoxy groups -OCH3 is 1. The van der Waals surface area contributed by atoms with Gasteiger partial charge in [-0.2, -0.15) is 0 Å². The monoisotopic (exact) mass is 195 g/mol. The lowest BCUT2D eigenvalue weighted by molar-refractivity contribution is 0.0586. The summed E-state index contributed by atoms with van der Waals surface area (Å²) >= 11 is 0.